The molecule has 9 nitrogen and oxygen atoms in total. The summed E-state index contributed by atoms with van der Waals surface area (Å²) in [5.74, 6) is -0.128. The van der Waals surface area contributed by atoms with Gasteiger partial charge in [0.15, 0.2) is 17.3 Å². The minimum Gasteiger partial charge on any atom is -0.316 e. The van der Waals surface area contributed by atoms with Crippen molar-refractivity contribution in [3.63, 3.8) is 0 Å². The second kappa shape index (κ2) is 20.2. The maximum atomic E-state index is 12.6. The summed E-state index contributed by atoms with van der Waals surface area (Å²) in [5, 5.41) is 30.6. The van der Waals surface area contributed by atoms with E-state index in [0.717, 1.165) is 26.4 Å². The zero-order valence-electron chi connectivity index (χ0n) is 38.7. The molecule has 0 aromatic rings. The van der Waals surface area contributed by atoms with Crippen LogP contribution >= 0.6 is 12.4 Å². The van der Waals surface area contributed by atoms with Crippen LogP contribution in [0.3, 0.4) is 0 Å². The number of alkyl halides is 9. The first kappa shape index (κ1) is 57.4. The minimum atomic E-state index is -4.23. The standard InChI is InChI=1S/2C15H19F3N2O.C13H18N2O.C3H5F3.ClH/c2*1-13(2)11-4-5-20(9-15(16,17)18)8-14(11,3)6-10(7-19)12(13)21;1-12(2)10-4-5-15-8-13(10,3)6-9(7-14)11(12)16;1-2-3(4,5)6;/h2*6,11H,4-5,8-9H2,1-3H3;6,10,15H,4-5,8H2,1-3H3;2H2,1H3;1H/t2*11-,14+;10-,13+;;/m100../s1. The van der Waals surface area contributed by atoms with E-state index in [0.29, 0.717) is 37.4 Å². The quantitative estimate of drug-likeness (QED) is 0.268. The van der Waals surface area contributed by atoms with Gasteiger partial charge in [-0.3, -0.25) is 24.2 Å². The maximum Gasteiger partial charge on any atom is 0.401 e. The maximum absolute atomic E-state index is 12.6. The average molecular weight is 953 g/mol. The number of halogens is 10. The molecular formula is C46H62ClF9N6O3. The zero-order chi connectivity index (χ0) is 49.3. The van der Waals surface area contributed by atoms with Gasteiger partial charge in [0, 0.05) is 58.5 Å². The topological polar surface area (TPSA) is 141 Å². The number of hydrogen-bond donors (Lipinski definition) is 1. The van der Waals surface area contributed by atoms with E-state index >= 15 is 0 Å². The predicted octanol–water partition coefficient (Wildman–Crippen LogP) is 9.91. The first-order chi connectivity index (χ1) is 29.0. The Labute approximate surface area is 382 Å². The van der Waals surface area contributed by atoms with Crippen molar-refractivity contribution in [2.24, 2.45) is 50.2 Å². The highest BCUT2D eigenvalue weighted by Crippen LogP contribution is 2.54. The number of nitrogens with zero attached hydrogens (tertiary/aromatic N) is 5. The van der Waals surface area contributed by atoms with E-state index in [-0.39, 0.29) is 71.2 Å². The SMILES string of the molecule is CC1(C)C(=O)C(C#N)=C[C@@]2(C)CN(CC(F)(F)F)CC[C@H]12.CC1(C)C(=O)C(C#N)=C[C@]2(C)CN(CC(F)(F)F)CC[C@@H]12.CC1(C)C(=O)C(C#N)=C[C@]2(C)CNCC[C@@H]12.CCC(F)(F)F.Cl. The Kier molecular flexibility index (Phi) is 17.8. The number of nitrogens with one attached hydrogen (secondary N) is 1. The number of allylic oxidation sites excluding steroid dienone is 3. The molecule has 6 rings (SSSR count). The summed E-state index contributed by atoms with van der Waals surface area (Å²) >= 11 is 0. The fraction of sp³-hybridized carbons (Fsp3) is 0.739. The van der Waals surface area contributed by atoms with Crippen LogP contribution in [0.15, 0.2) is 34.9 Å². The molecule has 1 N–H and O–H groups in total. The number of carbonyl (C=O) groups excluding carboxylic acids is 3. The predicted molar refractivity (Wildman–Crippen MR) is 228 cm³/mol. The van der Waals surface area contributed by atoms with E-state index in [4.69, 9.17) is 15.8 Å². The normalized spacial score (nSPS) is 31.7. The van der Waals surface area contributed by atoms with Crippen LogP contribution in [0.25, 0.3) is 0 Å². The van der Waals surface area contributed by atoms with Crippen LogP contribution in [-0.4, -0.2) is 98.0 Å². The van der Waals surface area contributed by atoms with Gasteiger partial charge in [0.25, 0.3) is 0 Å². The van der Waals surface area contributed by atoms with Crippen LogP contribution in [0.4, 0.5) is 39.5 Å². The van der Waals surface area contributed by atoms with Crippen molar-refractivity contribution in [1.82, 2.24) is 15.1 Å². The number of rotatable bonds is 2. The molecule has 0 amide bonds. The van der Waals surface area contributed by atoms with Crippen molar-refractivity contribution >= 4 is 29.8 Å². The fourth-order valence-corrected chi connectivity index (χ4v) is 11.4. The average Bonchev–Trinajstić information content (AvgIpc) is 3.15. The van der Waals surface area contributed by atoms with Crippen LogP contribution in [0.1, 0.15) is 94.9 Å². The van der Waals surface area contributed by atoms with Crippen molar-refractivity contribution in [1.29, 1.82) is 15.8 Å². The lowest BCUT2D eigenvalue weighted by atomic mass is 9.55. The van der Waals surface area contributed by atoms with Gasteiger partial charge in [-0.25, -0.2) is 0 Å². The Morgan fingerprint density at radius 1 is 0.569 bits per heavy atom. The first-order valence-electron chi connectivity index (χ1n) is 21.4. The number of carbonyl (C=O) groups is 3. The summed E-state index contributed by atoms with van der Waals surface area (Å²) < 4.78 is 108. The van der Waals surface area contributed by atoms with Gasteiger partial charge in [-0.1, -0.05) is 87.5 Å². The Balaban J connectivity index is 0.000000315. The number of hydrogen-bond acceptors (Lipinski definition) is 9. The molecule has 19 heteroatoms. The van der Waals surface area contributed by atoms with E-state index in [1.54, 1.807) is 39.8 Å². The highest BCUT2D eigenvalue weighted by molar-refractivity contribution is 6.05. The molecule has 0 spiro atoms. The highest BCUT2D eigenvalue weighted by atomic mass is 35.5. The third-order valence-electron chi connectivity index (χ3n) is 14.2. The Morgan fingerprint density at radius 3 is 1.14 bits per heavy atom. The monoisotopic (exact) mass is 952 g/mol. The number of likely N-dealkylation sites (tertiary alicyclic amines) is 2. The molecule has 0 unspecified atom stereocenters. The molecule has 3 aliphatic carbocycles. The van der Waals surface area contributed by atoms with E-state index < -0.39 is 65.1 Å². The van der Waals surface area contributed by atoms with Crippen LogP contribution in [-0.2, 0) is 14.4 Å². The van der Waals surface area contributed by atoms with Crippen LogP contribution in [0.2, 0.25) is 0 Å². The number of piperidine rings is 3. The van der Waals surface area contributed by atoms with Gasteiger partial charge in [0.2, 0.25) is 0 Å². The number of fused-ring (bicyclic) bond motifs is 3. The van der Waals surface area contributed by atoms with Crippen molar-refractivity contribution < 1.29 is 53.9 Å². The van der Waals surface area contributed by atoms with Crippen molar-refractivity contribution in [3.8, 4) is 18.2 Å². The molecule has 3 fully saturated rings. The lowest BCUT2D eigenvalue weighted by Gasteiger charge is -2.53. The van der Waals surface area contributed by atoms with Gasteiger partial charge in [0.05, 0.1) is 29.8 Å². The molecule has 6 aliphatic rings. The molecule has 3 saturated heterocycles. The molecule has 0 saturated carbocycles. The first-order valence-corrected chi connectivity index (χ1v) is 21.4. The van der Waals surface area contributed by atoms with E-state index in [1.807, 2.05) is 45.9 Å². The highest BCUT2D eigenvalue weighted by Gasteiger charge is 2.56. The van der Waals surface area contributed by atoms with Crippen molar-refractivity contribution in [2.75, 3.05) is 52.4 Å². The second-order valence-electron chi connectivity index (χ2n) is 20.5. The Hall–Kier alpha value is -3.76. The summed E-state index contributed by atoms with van der Waals surface area (Å²) in [4.78, 5) is 39.5. The van der Waals surface area contributed by atoms with Crippen LogP contribution in [0, 0.1) is 84.2 Å². The van der Waals surface area contributed by atoms with Gasteiger partial charge in [0.1, 0.15) is 18.2 Å². The number of Topliss-reactive ketones (excluding diaryl/α,β-unsaturated/α-hetero) is 3. The minimum absolute atomic E-state index is 0. The van der Waals surface area contributed by atoms with E-state index in [2.05, 4.69) is 18.3 Å². The lowest BCUT2D eigenvalue weighted by molar-refractivity contribution is -0.159. The third-order valence-corrected chi connectivity index (χ3v) is 14.2. The smallest absolute Gasteiger partial charge is 0.316 e. The van der Waals surface area contributed by atoms with Gasteiger partial charge < -0.3 is 5.32 Å². The van der Waals surface area contributed by atoms with Gasteiger partial charge in [-0.05, 0) is 56.7 Å². The summed E-state index contributed by atoms with van der Waals surface area (Å²) in [5.41, 5.74) is -2.54. The summed E-state index contributed by atoms with van der Waals surface area (Å²) in [6.07, 6.45) is -6.02. The molecule has 3 heterocycles. The molecule has 0 aromatic carbocycles. The number of ketones is 3. The lowest BCUT2D eigenvalue weighted by Crippen LogP contribution is -2.56. The van der Waals surface area contributed by atoms with Gasteiger partial charge in [-0.2, -0.15) is 55.3 Å². The second-order valence-corrected chi connectivity index (χ2v) is 20.5. The van der Waals surface area contributed by atoms with Crippen molar-refractivity contribution in [2.45, 2.75) is 113 Å². The van der Waals surface area contributed by atoms with Gasteiger partial charge in [-0.15, -0.1) is 12.4 Å². The summed E-state index contributed by atoms with van der Waals surface area (Å²) in [6, 6.07) is 5.85. The molecule has 0 aromatic heterocycles. The van der Waals surface area contributed by atoms with Gasteiger partial charge >= 0.3 is 18.5 Å². The third kappa shape index (κ3) is 13.2. The molecular weight excluding hydrogens is 891 g/mol. The molecule has 0 bridgehead atoms. The Morgan fingerprint density at radius 2 is 0.862 bits per heavy atom. The zero-order valence-corrected chi connectivity index (χ0v) is 39.5. The van der Waals surface area contributed by atoms with Crippen LogP contribution in [0.5, 0.6) is 0 Å². The number of nitriles is 3. The molecule has 6 atom stereocenters. The Bertz CT molecular complexity index is 1920. The fourth-order valence-electron chi connectivity index (χ4n) is 11.4. The van der Waals surface area contributed by atoms with E-state index in [9.17, 15) is 53.9 Å². The molecule has 364 valence electrons. The summed E-state index contributed by atoms with van der Waals surface area (Å²) in [6.45, 7) is 19.1. The van der Waals surface area contributed by atoms with E-state index in [1.165, 1.54) is 9.80 Å². The van der Waals surface area contributed by atoms with Crippen molar-refractivity contribution in [3.05, 3.63) is 34.9 Å². The molecule has 3 aliphatic heterocycles. The van der Waals surface area contributed by atoms with Crippen LogP contribution < -0.4 is 5.32 Å². The summed E-state index contributed by atoms with van der Waals surface area (Å²) in [7, 11) is 0. The largest absolute Gasteiger partial charge is 0.401 e. The molecule has 65 heavy (non-hydrogen) atoms. The molecule has 0 radical (unpaired) electrons.